The quantitative estimate of drug-likeness (QED) is 0.703. The predicted octanol–water partition coefficient (Wildman–Crippen LogP) is 2.09. The molecule has 1 aromatic carbocycles. The van der Waals surface area contributed by atoms with Crippen LogP contribution in [-0.4, -0.2) is 0 Å². The summed E-state index contributed by atoms with van der Waals surface area (Å²) in [5.74, 6) is 0.583. The van der Waals surface area contributed by atoms with Crippen LogP contribution >= 0.6 is 11.6 Å². The number of rotatable bonds is 4. The van der Waals surface area contributed by atoms with Crippen LogP contribution in [0, 0.1) is 0 Å². The summed E-state index contributed by atoms with van der Waals surface area (Å²) in [6, 6.07) is 7.60. The van der Waals surface area contributed by atoms with Crippen LogP contribution in [0.25, 0.3) is 0 Å². The van der Waals surface area contributed by atoms with Crippen molar-refractivity contribution in [2.45, 2.75) is 13.5 Å². The summed E-state index contributed by atoms with van der Waals surface area (Å²) in [5, 5.41) is 3.80. The van der Waals surface area contributed by atoms with E-state index in [1.807, 2.05) is 31.2 Å². The summed E-state index contributed by atoms with van der Waals surface area (Å²) in [4.78, 5) is 0. The van der Waals surface area contributed by atoms with Gasteiger partial charge in [-0.3, -0.25) is 0 Å². The van der Waals surface area contributed by atoms with Crippen molar-refractivity contribution in [1.82, 2.24) is 5.32 Å². The van der Waals surface area contributed by atoms with Gasteiger partial charge in [-0.25, -0.2) is 0 Å². The van der Waals surface area contributed by atoms with Gasteiger partial charge in [0.15, 0.2) is 0 Å². The number of nitrogens with two attached hydrogens (primary N) is 2. The Hall–Kier alpha value is -1.61. The highest BCUT2D eigenvalue weighted by atomic mass is 35.5. The first-order chi connectivity index (χ1) is 7.58. The summed E-state index contributed by atoms with van der Waals surface area (Å²) in [7, 11) is 0. The summed E-state index contributed by atoms with van der Waals surface area (Å²) in [6.45, 7) is 2.47. The highest BCUT2D eigenvalue weighted by Crippen LogP contribution is 2.09. The first-order valence-electron chi connectivity index (χ1n) is 4.96. The number of allylic oxidation sites excluding steroid dienone is 3. The summed E-state index contributed by atoms with van der Waals surface area (Å²) >= 11 is 5.78. The van der Waals surface area contributed by atoms with Crippen molar-refractivity contribution in [1.29, 1.82) is 0 Å². The molecule has 1 aromatic rings. The van der Waals surface area contributed by atoms with Crippen molar-refractivity contribution < 1.29 is 0 Å². The van der Waals surface area contributed by atoms with E-state index < -0.39 is 0 Å². The minimum atomic E-state index is 0.583. The Morgan fingerprint density at radius 2 is 1.88 bits per heavy atom. The van der Waals surface area contributed by atoms with Crippen molar-refractivity contribution in [2.75, 3.05) is 0 Å². The highest BCUT2D eigenvalue weighted by molar-refractivity contribution is 6.30. The maximum absolute atomic E-state index is 5.78. The van der Waals surface area contributed by atoms with Gasteiger partial charge in [-0.1, -0.05) is 23.7 Å². The van der Waals surface area contributed by atoms with Crippen molar-refractivity contribution in [2.24, 2.45) is 11.5 Å². The van der Waals surface area contributed by atoms with Crippen LogP contribution in [0.1, 0.15) is 12.5 Å². The second-order valence-electron chi connectivity index (χ2n) is 3.51. The van der Waals surface area contributed by atoms with Gasteiger partial charge in [0.1, 0.15) is 0 Å². The molecule has 0 aliphatic rings. The topological polar surface area (TPSA) is 64.1 Å². The number of hydrogen-bond acceptors (Lipinski definition) is 3. The molecule has 0 heterocycles. The third-order valence-corrected chi connectivity index (χ3v) is 2.19. The molecule has 86 valence electrons. The Morgan fingerprint density at radius 1 is 1.25 bits per heavy atom. The molecule has 0 spiro atoms. The maximum Gasteiger partial charge on any atom is 0.0963 e. The summed E-state index contributed by atoms with van der Waals surface area (Å²) in [6.07, 6.45) is 3.50. The SMILES string of the molecule is C/C(N)=C/C=C(\N)NCc1ccc(Cl)cc1. The zero-order valence-electron chi connectivity index (χ0n) is 9.20. The average Bonchev–Trinajstić information content (AvgIpc) is 2.25. The Labute approximate surface area is 101 Å². The predicted molar refractivity (Wildman–Crippen MR) is 68.5 cm³/mol. The van der Waals surface area contributed by atoms with Crippen LogP contribution in [-0.2, 0) is 6.54 Å². The molecule has 3 nitrogen and oxygen atoms in total. The fourth-order valence-electron chi connectivity index (χ4n) is 1.09. The van der Waals surface area contributed by atoms with Crippen molar-refractivity contribution >= 4 is 11.6 Å². The van der Waals surface area contributed by atoms with E-state index in [4.69, 9.17) is 23.1 Å². The molecule has 0 amide bonds. The second-order valence-corrected chi connectivity index (χ2v) is 3.95. The van der Waals surface area contributed by atoms with Gasteiger partial charge in [0.05, 0.1) is 5.82 Å². The van der Waals surface area contributed by atoms with E-state index in [2.05, 4.69) is 5.32 Å². The maximum atomic E-state index is 5.78. The molecular formula is C12H16ClN3. The van der Waals surface area contributed by atoms with E-state index in [1.165, 1.54) is 0 Å². The first kappa shape index (κ1) is 12.5. The number of nitrogens with one attached hydrogen (secondary N) is 1. The van der Waals surface area contributed by atoms with E-state index in [9.17, 15) is 0 Å². The third-order valence-electron chi connectivity index (χ3n) is 1.94. The van der Waals surface area contributed by atoms with Crippen molar-refractivity contribution in [3.05, 3.63) is 58.5 Å². The summed E-state index contributed by atoms with van der Waals surface area (Å²) in [5.41, 5.74) is 13.0. The molecule has 0 bridgehead atoms. The van der Waals surface area contributed by atoms with Crippen molar-refractivity contribution in [3.63, 3.8) is 0 Å². The molecule has 16 heavy (non-hydrogen) atoms. The lowest BCUT2D eigenvalue weighted by atomic mass is 10.2. The molecule has 0 unspecified atom stereocenters. The zero-order valence-corrected chi connectivity index (χ0v) is 9.96. The van der Waals surface area contributed by atoms with Crippen LogP contribution in [0.4, 0.5) is 0 Å². The molecule has 0 aromatic heterocycles. The highest BCUT2D eigenvalue weighted by Gasteiger charge is 1.93. The molecule has 4 heteroatoms. The van der Waals surface area contributed by atoms with E-state index in [1.54, 1.807) is 12.2 Å². The van der Waals surface area contributed by atoms with Gasteiger partial charge in [0.25, 0.3) is 0 Å². The molecule has 0 aliphatic carbocycles. The standard InChI is InChI=1S/C12H16ClN3/c1-9(14)2-7-12(15)16-8-10-3-5-11(13)6-4-10/h2-7,16H,8,14-15H2,1H3/b9-2-,12-7+. The Balaban J connectivity index is 2.48. The monoisotopic (exact) mass is 237 g/mol. The largest absolute Gasteiger partial charge is 0.402 e. The number of hydrogen-bond donors (Lipinski definition) is 3. The van der Waals surface area contributed by atoms with Gasteiger partial charge in [-0.05, 0) is 36.8 Å². The lowest BCUT2D eigenvalue weighted by molar-refractivity contribution is 0.800. The molecule has 0 radical (unpaired) electrons. The van der Waals surface area contributed by atoms with E-state index in [-0.39, 0.29) is 0 Å². The van der Waals surface area contributed by atoms with Gasteiger partial charge >= 0.3 is 0 Å². The average molecular weight is 238 g/mol. The van der Waals surface area contributed by atoms with Gasteiger partial charge < -0.3 is 16.8 Å². The Morgan fingerprint density at radius 3 is 2.44 bits per heavy atom. The molecule has 1 rings (SSSR count). The summed E-state index contributed by atoms with van der Waals surface area (Å²) < 4.78 is 0. The molecule has 0 saturated carbocycles. The van der Waals surface area contributed by atoms with Gasteiger partial charge in [0.2, 0.25) is 0 Å². The fraction of sp³-hybridized carbons (Fsp3) is 0.167. The number of benzene rings is 1. The van der Waals surface area contributed by atoms with E-state index in [0.717, 1.165) is 16.3 Å². The molecule has 0 saturated heterocycles. The van der Waals surface area contributed by atoms with Crippen LogP contribution in [0.5, 0.6) is 0 Å². The molecule has 0 atom stereocenters. The third kappa shape index (κ3) is 4.75. The lowest BCUT2D eigenvalue weighted by Crippen LogP contribution is -2.19. The fourth-order valence-corrected chi connectivity index (χ4v) is 1.21. The molecule has 0 aliphatic heterocycles. The smallest absolute Gasteiger partial charge is 0.0963 e. The normalized spacial score (nSPS) is 12.6. The van der Waals surface area contributed by atoms with Gasteiger partial charge in [0, 0.05) is 17.3 Å². The lowest BCUT2D eigenvalue weighted by Gasteiger charge is -2.05. The van der Waals surface area contributed by atoms with Gasteiger partial charge in [-0.2, -0.15) is 0 Å². The first-order valence-corrected chi connectivity index (χ1v) is 5.33. The Kier molecular flexibility index (Phi) is 4.73. The van der Waals surface area contributed by atoms with E-state index >= 15 is 0 Å². The minimum Gasteiger partial charge on any atom is -0.402 e. The molecular weight excluding hydrogens is 222 g/mol. The number of halogens is 1. The second kappa shape index (κ2) is 6.08. The van der Waals surface area contributed by atoms with Crippen LogP contribution < -0.4 is 16.8 Å². The molecule has 0 fully saturated rings. The van der Waals surface area contributed by atoms with Crippen LogP contribution in [0.15, 0.2) is 47.9 Å². The zero-order chi connectivity index (χ0) is 12.0. The van der Waals surface area contributed by atoms with Crippen LogP contribution in [0.3, 0.4) is 0 Å². The van der Waals surface area contributed by atoms with Crippen LogP contribution in [0.2, 0.25) is 5.02 Å². The molecule has 5 N–H and O–H groups in total. The van der Waals surface area contributed by atoms with E-state index in [0.29, 0.717) is 12.4 Å². The minimum absolute atomic E-state index is 0.583. The van der Waals surface area contributed by atoms with Gasteiger partial charge in [-0.15, -0.1) is 0 Å². The Bertz CT molecular complexity index is 389. The van der Waals surface area contributed by atoms with Crippen molar-refractivity contribution in [3.8, 4) is 0 Å².